The second-order valence-electron chi connectivity index (χ2n) is 4.35. The molecule has 0 saturated heterocycles. The monoisotopic (exact) mass is 299 g/mol. The lowest BCUT2D eigenvalue weighted by atomic mass is 10.0. The molecule has 2 rings (SSSR count). The highest BCUT2D eigenvalue weighted by Crippen LogP contribution is 2.37. The van der Waals surface area contributed by atoms with Crippen LogP contribution in [0.4, 0.5) is 0 Å². The van der Waals surface area contributed by atoms with Crippen molar-refractivity contribution in [3.8, 4) is 0 Å². The Morgan fingerprint density at radius 1 is 1.56 bits per heavy atom. The Kier molecular flexibility index (Phi) is 4.34. The fourth-order valence-corrected chi connectivity index (χ4v) is 3.48. The summed E-state index contributed by atoms with van der Waals surface area (Å²) in [4.78, 5) is 1.44. The van der Waals surface area contributed by atoms with Gasteiger partial charge >= 0.3 is 0 Å². The highest BCUT2D eigenvalue weighted by atomic mass is 79.9. The lowest BCUT2D eigenvalue weighted by Gasteiger charge is -2.28. The van der Waals surface area contributed by atoms with Crippen molar-refractivity contribution in [2.75, 3.05) is 5.75 Å². The lowest BCUT2D eigenvalue weighted by molar-refractivity contribution is 0.432. The predicted octanol–water partition coefficient (Wildman–Crippen LogP) is 4.37. The second kappa shape index (κ2) is 5.56. The fourth-order valence-electron chi connectivity index (χ4n) is 2.00. The molecule has 0 bridgehead atoms. The SMILES string of the molecule is CCC(C)NC1CCSc2ccc(Br)cc21. The summed E-state index contributed by atoms with van der Waals surface area (Å²) in [5, 5.41) is 3.72. The van der Waals surface area contributed by atoms with E-state index in [4.69, 9.17) is 0 Å². The predicted molar refractivity (Wildman–Crippen MR) is 75.1 cm³/mol. The maximum atomic E-state index is 3.72. The van der Waals surface area contributed by atoms with Crippen molar-refractivity contribution in [2.45, 2.75) is 43.7 Å². The van der Waals surface area contributed by atoms with Gasteiger partial charge in [-0.25, -0.2) is 0 Å². The van der Waals surface area contributed by atoms with Gasteiger partial charge in [0.15, 0.2) is 0 Å². The summed E-state index contributed by atoms with van der Waals surface area (Å²) < 4.78 is 1.18. The van der Waals surface area contributed by atoms with Crippen molar-refractivity contribution >= 4 is 27.7 Å². The molecule has 0 saturated carbocycles. The zero-order valence-electron chi connectivity index (χ0n) is 9.79. The minimum Gasteiger partial charge on any atom is -0.307 e. The summed E-state index contributed by atoms with van der Waals surface area (Å²) in [5.41, 5.74) is 1.46. The van der Waals surface area contributed by atoms with Crippen molar-refractivity contribution in [1.29, 1.82) is 0 Å². The van der Waals surface area contributed by atoms with Crippen LogP contribution in [0.5, 0.6) is 0 Å². The number of benzene rings is 1. The molecule has 0 fully saturated rings. The molecule has 1 N–H and O–H groups in total. The van der Waals surface area contributed by atoms with Crippen LogP contribution in [0.1, 0.15) is 38.3 Å². The quantitative estimate of drug-likeness (QED) is 0.889. The minimum atomic E-state index is 0.531. The van der Waals surface area contributed by atoms with Crippen molar-refractivity contribution < 1.29 is 0 Å². The van der Waals surface area contributed by atoms with Gasteiger partial charge in [-0.05, 0) is 49.3 Å². The summed E-state index contributed by atoms with van der Waals surface area (Å²) in [6, 6.07) is 7.76. The first-order chi connectivity index (χ1) is 7.70. The molecule has 1 aliphatic heterocycles. The Balaban J connectivity index is 2.21. The van der Waals surface area contributed by atoms with Crippen molar-refractivity contribution in [2.24, 2.45) is 0 Å². The van der Waals surface area contributed by atoms with Crippen LogP contribution in [0.3, 0.4) is 0 Å². The first kappa shape index (κ1) is 12.5. The van der Waals surface area contributed by atoms with E-state index in [-0.39, 0.29) is 0 Å². The van der Waals surface area contributed by atoms with E-state index >= 15 is 0 Å². The molecule has 1 heterocycles. The highest BCUT2D eigenvalue weighted by molar-refractivity contribution is 9.10. The molecule has 0 spiro atoms. The molecule has 2 unspecified atom stereocenters. The van der Waals surface area contributed by atoms with Crippen LogP contribution in [0.2, 0.25) is 0 Å². The third kappa shape index (κ3) is 2.82. The molecule has 1 aliphatic rings. The number of halogens is 1. The van der Waals surface area contributed by atoms with Crippen LogP contribution in [-0.2, 0) is 0 Å². The van der Waals surface area contributed by atoms with E-state index in [9.17, 15) is 0 Å². The maximum absolute atomic E-state index is 3.72. The van der Waals surface area contributed by atoms with Gasteiger partial charge in [0.25, 0.3) is 0 Å². The van der Waals surface area contributed by atoms with Crippen molar-refractivity contribution in [3.05, 3.63) is 28.2 Å². The number of rotatable bonds is 3. The molecular weight excluding hydrogens is 282 g/mol. The lowest BCUT2D eigenvalue weighted by Crippen LogP contribution is -2.31. The van der Waals surface area contributed by atoms with Crippen LogP contribution in [-0.4, -0.2) is 11.8 Å². The van der Waals surface area contributed by atoms with E-state index in [1.54, 1.807) is 0 Å². The van der Waals surface area contributed by atoms with Crippen molar-refractivity contribution in [3.63, 3.8) is 0 Å². The van der Waals surface area contributed by atoms with Gasteiger partial charge in [0.2, 0.25) is 0 Å². The van der Waals surface area contributed by atoms with Gasteiger partial charge in [0.05, 0.1) is 0 Å². The number of nitrogens with one attached hydrogen (secondary N) is 1. The zero-order chi connectivity index (χ0) is 11.5. The standard InChI is InChI=1S/C13H18BrNS/c1-3-9(2)15-12-6-7-16-13-5-4-10(14)8-11(12)13/h4-5,8-9,12,15H,3,6-7H2,1-2H3. The molecule has 88 valence electrons. The zero-order valence-corrected chi connectivity index (χ0v) is 12.2. The third-order valence-corrected chi connectivity index (χ3v) is 4.73. The van der Waals surface area contributed by atoms with E-state index in [1.807, 2.05) is 11.8 Å². The van der Waals surface area contributed by atoms with Gasteiger partial charge in [0, 0.05) is 21.5 Å². The Labute approximate surface area is 111 Å². The Morgan fingerprint density at radius 3 is 3.12 bits per heavy atom. The Morgan fingerprint density at radius 2 is 2.38 bits per heavy atom. The average molecular weight is 300 g/mol. The van der Waals surface area contributed by atoms with Gasteiger partial charge in [-0.2, -0.15) is 0 Å². The highest BCUT2D eigenvalue weighted by Gasteiger charge is 2.21. The first-order valence-corrected chi connectivity index (χ1v) is 7.67. The molecule has 0 aromatic heterocycles. The topological polar surface area (TPSA) is 12.0 Å². The van der Waals surface area contributed by atoms with Crippen molar-refractivity contribution in [1.82, 2.24) is 5.32 Å². The van der Waals surface area contributed by atoms with E-state index in [0.29, 0.717) is 12.1 Å². The van der Waals surface area contributed by atoms with Crippen LogP contribution in [0.15, 0.2) is 27.6 Å². The number of hydrogen-bond acceptors (Lipinski definition) is 2. The van der Waals surface area contributed by atoms with E-state index in [2.05, 4.69) is 53.3 Å². The molecule has 1 aromatic carbocycles. The number of thioether (sulfide) groups is 1. The molecule has 1 nitrogen and oxygen atoms in total. The van der Waals surface area contributed by atoms with Gasteiger partial charge in [-0.1, -0.05) is 22.9 Å². The molecule has 2 atom stereocenters. The van der Waals surface area contributed by atoms with Gasteiger partial charge in [-0.3, -0.25) is 0 Å². The van der Waals surface area contributed by atoms with E-state index < -0.39 is 0 Å². The molecule has 0 radical (unpaired) electrons. The number of hydrogen-bond donors (Lipinski definition) is 1. The van der Waals surface area contributed by atoms with Crippen LogP contribution >= 0.6 is 27.7 Å². The molecule has 16 heavy (non-hydrogen) atoms. The smallest absolute Gasteiger partial charge is 0.0342 e. The minimum absolute atomic E-state index is 0.531. The molecule has 1 aromatic rings. The van der Waals surface area contributed by atoms with Crippen LogP contribution < -0.4 is 5.32 Å². The van der Waals surface area contributed by atoms with Gasteiger partial charge < -0.3 is 5.32 Å². The van der Waals surface area contributed by atoms with E-state index in [1.165, 1.54) is 33.5 Å². The third-order valence-electron chi connectivity index (χ3n) is 3.11. The fraction of sp³-hybridized carbons (Fsp3) is 0.538. The first-order valence-electron chi connectivity index (χ1n) is 5.89. The maximum Gasteiger partial charge on any atom is 0.0342 e. The van der Waals surface area contributed by atoms with Crippen LogP contribution in [0, 0.1) is 0 Å². The molecule has 0 amide bonds. The number of fused-ring (bicyclic) bond motifs is 1. The summed E-state index contributed by atoms with van der Waals surface area (Å²) in [6.07, 6.45) is 2.42. The largest absolute Gasteiger partial charge is 0.307 e. The van der Waals surface area contributed by atoms with Gasteiger partial charge in [0.1, 0.15) is 0 Å². The van der Waals surface area contributed by atoms with E-state index in [0.717, 1.165) is 0 Å². The summed E-state index contributed by atoms with van der Waals surface area (Å²) in [6.45, 7) is 4.50. The molecular formula is C13H18BrNS. The summed E-state index contributed by atoms with van der Waals surface area (Å²) in [5.74, 6) is 1.22. The van der Waals surface area contributed by atoms with Gasteiger partial charge in [-0.15, -0.1) is 11.8 Å². The Bertz CT molecular complexity index is 367. The summed E-state index contributed by atoms with van der Waals surface area (Å²) >= 11 is 5.54. The second-order valence-corrected chi connectivity index (χ2v) is 6.40. The Hall–Kier alpha value is 0.01000. The molecule has 0 aliphatic carbocycles. The molecule has 3 heteroatoms. The average Bonchev–Trinajstić information content (AvgIpc) is 2.29. The van der Waals surface area contributed by atoms with Crippen LogP contribution in [0.25, 0.3) is 0 Å². The normalized spacial score (nSPS) is 21.6. The summed E-state index contributed by atoms with van der Waals surface area (Å²) in [7, 11) is 0.